The maximum Gasteiger partial charge on any atom is 0.158 e. The van der Waals surface area contributed by atoms with E-state index in [1.54, 1.807) is 38.1 Å². The third-order valence-electron chi connectivity index (χ3n) is 2.69. The molecule has 0 fully saturated rings. The van der Waals surface area contributed by atoms with Crippen molar-refractivity contribution in [2.45, 2.75) is 25.5 Å². The Hall–Kier alpha value is -1.36. The van der Waals surface area contributed by atoms with E-state index in [9.17, 15) is 8.42 Å². The predicted octanol–water partition coefficient (Wildman–Crippen LogP) is 2.08. The molecule has 0 spiro atoms. The van der Waals surface area contributed by atoms with E-state index < -0.39 is 15.1 Å². The topological polar surface area (TPSA) is 66.7 Å². The van der Waals surface area contributed by atoms with E-state index in [-0.39, 0.29) is 11.5 Å². The summed E-state index contributed by atoms with van der Waals surface area (Å²) >= 11 is 0. The van der Waals surface area contributed by atoms with E-state index in [4.69, 9.17) is 5.21 Å². The van der Waals surface area contributed by atoms with Crippen LogP contribution in [0.25, 0.3) is 0 Å². The molecule has 0 saturated heterocycles. The Labute approximate surface area is 102 Å². The second-order valence-electron chi connectivity index (χ2n) is 3.70. The van der Waals surface area contributed by atoms with Gasteiger partial charge in [-0.05, 0) is 6.42 Å². The molecule has 1 atom stereocenters. The molecule has 0 amide bonds. The van der Waals surface area contributed by atoms with Crippen LogP contribution < -0.4 is 0 Å². The van der Waals surface area contributed by atoms with Crippen LogP contribution in [0.5, 0.6) is 0 Å². The van der Waals surface area contributed by atoms with Crippen LogP contribution in [0.15, 0.2) is 35.5 Å². The normalized spacial score (nSPS) is 14.6. The molecule has 17 heavy (non-hydrogen) atoms. The summed E-state index contributed by atoms with van der Waals surface area (Å²) in [5.74, 6) is 0.0390. The van der Waals surface area contributed by atoms with Gasteiger partial charge in [0, 0.05) is 11.3 Å². The molecule has 0 aliphatic carbocycles. The summed E-state index contributed by atoms with van der Waals surface area (Å²) < 4.78 is 23.8. The number of nitrogens with zero attached hydrogens (tertiary/aromatic N) is 1. The quantitative estimate of drug-likeness (QED) is 0.497. The second-order valence-corrected chi connectivity index (χ2v) is 6.17. The van der Waals surface area contributed by atoms with Gasteiger partial charge in [0.1, 0.15) is 11.0 Å². The first-order valence-corrected chi connectivity index (χ1v) is 7.27. The van der Waals surface area contributed by atoms with Crippen LogP contribution in [0.4, 0.5) is 0 Å². The Morgan fingerprint density at radius 1 is 1.29 bits per heavy atom. The number of benzene rings is 1. The van der Waals surface area contributed by atoms with Crippen molar-refractivity contribution in [3.8, 4) is 0 Å². The fourth-order valence-corrected chi connectivity index (χ4v) is 3.17. The molecular weight excluding hydrogens is 238 g/mol. The van der Waals surface area contributed by atoms with Gasteiger partial charge in [-0.1, -0.05) is 49.3 Å². The molecule has 1 rings (SSSR count). The summed E-state index contributed by atoms with van der Waals surface area (Å²) in [6.45, 7) is 3.37. The van der Waals surface area contributed by atoms with Gasteiger partial charge in [-0.2, -0.15) is 0 Å². The van der Waals surface area contributed by atoms with Gasteiger partial charge in [0.2, 0.25) is 0 Å². The molecule has 0 saturated carbocycles. The minimum atomic E-state index is -3.26. The first-order chi connectivity index (χ1) is 8.06. The van der Waals surface area contributed by atoms with Crippen LogP contribution in [0.3, 0.4) is 0 Å². The van der Waals surface area contributed by atoms with Crippen molar-refractivity contribution in [2.75, 3.05) is 5.75 Å². The van der Waals surface area contributed by atoms with Crippen molar-refractivity contribution in [3.63, 3.8) is 0 Å². The van der Waals surface area contributed by atoms with Crippen molar-refractivity contribution < 1.29 is 13.6 Å². The van der Waals surface area contributed by atoms with Crippen molar-refractivity contribution >= 4 is 15.5 Å². The molecule has 5 heteroatoms. The molecule has 94 valence electrons. The number of oxime groups is 1. The molecule has 0 aliphatic rings. The van der Waals surface area contributed by atoms with Gasteiger partial charge in [-0.25, -0.2) is 8.42 Å². The molecule has 0 aliphatic heterocycles. The Balaban J connectivity index is 3.20. The third kappa shape index (κ3) is 3.06. The van der Waals surface area contributed by atoms with Gasteiger partial charge in [0.25, 0.3) is 0 Å². The van der Waals surface area contributed by atoms with Crippen LogP contribution in [0.2, 0.25) is 0 Å². The number of rotatable bonds is 5. The van der Waals surface area contributed by atoms with E-state index in [2.05, 4.69) is 5.16 Å². The fourth-order valence-electron chi connectivity index (χ4n) is 1.74. The standard InChI is InChI=1S/C12H17NO3S/c1-3-11(17(15,16)4-2)12(13-14)10-8-6-5-7-9-10/h5-9,11,14H,3-4H2,1-2H3/b13-12-/t11-/m0/s1. The second kappa shape index (κ2) is 5.82. The smallest absolute Gasteiger partial charge is 0.158 e. The molecule has 0 unspecified atom stereocenters. The average molecular weight is 255 g/mol. The molecular formula is C12H17NO3S. The molecule has 0 heterocycles. The zero-order valence-corrected chi connectivity index (χ0v) is 10.8. The largest absolute Gasteiger partial charge is 0.411 e. The van der Waals surface area contributed by atoms with Gasteiger partial charge >= 0.3 is 0 Å². The third-order valence-corrected chi connectivity index (χ3v) is 4.92. The molecule has 1 N–H and O–H groups in total. The highest BCUT2D eigenvalue weighted by molar-refractivity contribution is 7.92. The number of hydrogen-bond donors (Lipinski definition) is 1. The molecule has 1 aromatic carbocycles. The highest BCUT2D eigenvalue weighted by Crippen LogP contribution is 2.15. The highest BCUT2D eigenvalue weighted by Gasteiger charge is 2.28. The maximum atomic E-state index is 11.9. The first-order valence-electron chi connectivity index (χ1n) is 5.55. The van der Waals surface area contributed by atoms with Crippen molar-refractivity contribution in [2.24, 2.45) is 5.16 Å². The van der Waals surface area contributed by atoms with Gasteiger partial charge in [-0.15, -0.1) is 0 Å². The lowest BCUT2D eigenvalue weighted by molar-refractivity contribution is 0.318. The SMILES string of the molecule is CC[C@@H](/C(=N\O)c1ccccc1)S(=O)(=O)CC. The molecule has 0 radical (unpaired) electrons. The van der Waals surface area contributed by atoms with Gasteiger partial charge in [-0.3, -0.25) is 0 Å². The van der Waals surface area contributed by atoms with Crippen molar-refractivity contribution in [1.82, 2.24) is 0 Å². The number of hydrogen-bond acceptors (Lipinski definition) is 4. The molecule has 0 aromatic heterocycles. The van der Waals surface area contributed by atoms with E-state index in [0.717, 1.165) is 0 Å². The average Bonchev–Trinajstić information content (AvgIpc) is 2.36. The molecule has 1 aromatic rings. The first kappa shape index (κ1) is 13.7. The van der Waals surface area contributed by atoms with Gasteiger partial charge < -0.3 is 5.21 Å². The lowest BCUT2D eigenvalue weighted by Gasteiger charge is -2.16. The Morgan fingerprint density at radius 3 is 2.29 bits per heavy atom. The minimum Gasteiger partial charge on any atom is -0.411 e. The van der Waals surface area contributed by atoms with E-state index in [1.807, 2.05) is 6.07 Å². The summed E-state index contributed by atoms with van der Waals surface area (Å²) in [4.78, 5) is 0. The predicted molar refractivity (Wildman–Crippen MR) is 68.3 cm³/mol. The lowest BCUT2D eigenvalue weighted by Crippen LogP contribution is -2.31. The zero-order chi connectivity index (χ0) is 12.9. The van der Waals surface area contributed by atoms with Crippen molar-refractivity contribution in [1.29, 1.82) is 0 Å². The van der Waals surface area contributed by atoms with Gasteiger partial charge in [0.05, 0.1) is 0 Å². The summed E-state index contributed by atoms with van der Waals surface area (Å²) in [6, 6.07) is 8.87. The summed E-state index contributed by atoms with van der Waals surface area (Å²) in [5, 5.41) is 11.5. The molecule has 4 nitrogen and oxygen atoms in total. The Bertz CT molecular complexity index is 480. The van der Waals surface area contributed by atoms with E-state index in [1.165, 1.54) is 0 Å². The molecule has 0 bridgehead atoms. The summed E-state index contributed by atoms with van der Waals surface area (Å²) in [7, 11) is -3.26. The van der Waals surface area contributed by atoms with Crippen molar-refractivity contribution in [3.05, 3.63) is 35.9 Å². The van der Waals surface area contributed by atoms with Crippen LogP contribution in [0, 0.1) is 0 Å². The van der Waals surface area contributed by atoms with E-state index >= 15 is 0 Å². The Kier molecular flexibility index (Phi) is 4.69. The lowest BCUT2D eigenvalue weighted by atomic mass is 10.1. The zero-order valence-electron chi connectivity index (χ0n) is 10.00. The highest BCUT2D eigenvalue weighted by atomic mass is 32.2. The van der Waals surface area contributed by atoms with E-state index in [0.29, 0.717) is 12.0 Å². The summed E-state index contributed by atoms with van der Waals surface area (Å²) in [5.41, 5.74) is 0.855. The van der Waals surface area contributed by atoms with Crippen LogP contribution >= 0.6 is 0 Å². The fraction of sp³-hybridized carbons (Fsp3) is 0.417. The van der Waals surface area contributed by atoms with Gasteiger partial charge in [0.15, 0.2) is 9.84 Å². The monoisotopic (exact) mass is 255 g/mol. The van der Waals surface area contributed by atoms with Crippen LogP contribution in [-0.2, 0) is 9.84 Å². The summed E-state index contributed by atoms with van der Waals surface area (Å²) in [6.07, 6.45) is 0.393. The van der Waals surface area contributed by atoms with Crippen LogP contribution in [0.1, 0.15) is 25.8 Å². The minimum absolute atomic E-state index is 0.0390. The maximum absolute atomic E-state index is 11.9. The van der Waals surface area contributed by atoms with Crippen LogP contribution in [-0.4, -0.2) is 30.3 Å². The number of sulfone groups is 1. The Morgan fingerprint density at radius 2 is 1.88 bits per heavy atom.